The standard InChI is InChI=1S/C16H19BrN4O4/c1-16(2,3)25-15(22)19-7-6-18-14-11-8-10(17)4-5-12(11)20-9-13(14)21(23)24/h4-5,8-9H,6-7H2,1-3H3,(H,18,20)(H,19,22). The normalized spacial score (nSPS) is 11.2. The van der Waals surface area contributed by atoms with Crippen LogP contribution in [0.4, 0.5) is 16.2 Å². The molecular weight excluding hydrogens is 392 g/mol. The van der Waals surface area contributed by atoms with E-state index >= 15 is 0 Å². The Labute approximate surface area is 153 Å². The van der Waals surface area contributed by atoms with Crippen molar-refractivity contribution in [3.05, 3.63) is 39.0 Å². The Balaban J connectivity index is 2.11. The zero-order valence-corrected chi connectivity index (χ0v) is 15.7. The second kappa shape index (κ2) is 7.64. The van der Waals surface area contributed by atoms with Gasteiger partial charge in [-0.15, -0.1) is 0 Å². The summed E-state index contributed by atoms with van der Waals surface area (Å²) in [5.41, 5.74) is 0.297. The number of hydrogen-bond donors (Lipinski definition) is 2. The maximum atomic E-state index is 11.6. The minimum Gasteiger partial charge on any atom is -0.444 e. The first kappa shape index (κ1) is 18.9. The van der Waals surface area contributed by atoms with Crippen molar-refractivity contribution in [2.45, 2.75) is 26.4 Å². The zero-order valence-electron chi connectivity index (χ0n) is 14.1. The lowest BCUT2D eigenvalue weighted by atomic mass is 10.1. The number of amides is 1. The Morgan fingerprint density at radius 3 is 2.72 bits per heavy atom. The van der Waals surface area contributed by atoms with Crippen LogP contribution in [0.2, 0.25) is 0 Å². The number of nitro groups is 1. The number of aromatic nitrogens is 1. The fourth-order valence-corrected chi connectivity index (χ4v) is 2.51. The Morgan fingerprint density at radius 2 is 2.08 bits per heavy atom. The molecule has 9 heteroatoms. The van der Waals surface area contributed by atoms with Crippen molar-refractivity contribution in [3.63, 3.8) is 0 Å². The molecule has 0 fully saturated rings. The first-order chi connectivity index (χ1) is 11.7. The van der Waals surface area contributed by atoms with Crippen LogP contribution in [0.15, 0.2) is 28.9 Å². The van der Waals surface area contributed by atoms with Gasteiger partial charge in [0.2, 0.25) is 0 Å². The molecule has 2 N–H and O–H groups in total. The third kappa shape index (κ3) is 5.28. The molecule has 25 heavy (non-hydrogen) atoms. The van der Waals surface area contributed by atoms with Crippen LogP contribution >= 0.6 is 15.9 Å². The highest BCUT2D eigenvalue weighted by Gasteiger charge is 2.19. The van der Waals surface area contributed by atoms with E-state index < -0.39 is 16.6 Å². The van der Waals surface area contributed by atoms with Crippen LogP contribution in [0.25, 0.3) is 10.9 Å². The van der Waals surface area contributed by atoms with E-state index in [1.807, 2.05) is 6.07 Å². The Hall–Kier alpha value is -2.42. The predicted octanol–water partition coefficient (Wildman–Crippen LogP) is 3.84. The summed E-state index contributed by atoms with van der Waals surface area (Å²) in [7, 11) is 0. The smallest absolute Gasteiger partial charge is 0.407 e. The van der Waals surface area contributed by atoms with E-state index in [1.165, 1.54) is 6.20 Å². The van der Waals surface area contributed by atoms with Gasteiger partial charge in [0.1, 0.15) is 17.5 Å². The number of ether oxygens (including phenoxy) is 1. The number of carbonyl (C=O) groups excluding carboxylic acids is 1. The molecule has 1 aromatic heterocycles. The molecule has 2 rings (SSSR count). The van der Waals surface area contributed by atoms with Crippen LogP contribution < -0.4 is 10.6 Å². The Kier molecular flexibility index (Phi) is 5.78. The van der Waals surface area contributed by atoms with Crippen molar-refractivity contribution in [1.29, 1.82) is 0 Å². The average molecular weight is 411 g/mol. The van der Waals surface area contributed by atoms with Gasteiger partial charge in [-0.2, -0.15) is 0 Å². The van der Waals surface area contributed by atoms with Crippen molar-refractivity contribution in [1.82, 2.24) is 10.3 Å². The summed E-state index contributed by atoms with van der Waals surface area (Å²) in [4.78, 5) is 26.5. The number of rotatable bonds is 5. The number of halogens is 1. The summed E-state index contributed by atoms with van der Waals surface area (Å²) in [5, 5.41) is 17.5. The van der Waals surface area contributed by atoms with Gasteiger partial charge >= 0.3 is 11.8 Å². The van der Waals surface area contributed by atoms with Gasteiger partial charge in [0.05, 0.1) is 10.4 Å². The number of alkyl carbamates (subject to hydrolysis) is 1. The topological polar surface area (TPSA) is 106 Å². The van der Waals surface area contributed by atoms with Gasteiger partial charge < -0.3 is 15.4 Å². The minimum atomic E-state index is -0.579. The zero-order chi connectivity index (χ0) is 18.6. The van der Waals surface area contributed by atoms with E-state index in [0.717, 1.165) is 4.47 Å². The summed E-state index contributed by atoms with van der Waals surface area (Å²) in [6.07, 6.45) is 0.686. The minimum absolute atomic E-state index is 0.122. The second-order valence-electron chi connectivity index (χ2n) is 6.29. The summed E-state index contributed by atoms with van der Waals surface area (Å²) in [5.74, 6) is 0. The summed E-state index contributed by atoms with van der Waals surface area (Å²) in [6, 6.07) is 5.35. The van der Waals surface area contributed by atoms with Crippen molar-refractivity contribution in [2.75, 3.05) is 18.4 Å². The second-order valence-corrected chi connectivity index (χ2v) is 7.21. The maximum absolute atomic E-state index is 11.6. The molecule has 8 nitrogen and oxygen atoms in total. The van der Waals surface area contributed by atoms with Crippen molar-refractivity contribution < 1.29 is 14.5 Å². The molecule has 0 unspecified atom stereocenters. The lowest BCUT2D eigenvalue weighted by molar-refractivity contribution is -0.384. The fraction of sp³-hybridized carbons (Fsp3) is 0.375. The molecule has 0 aliphatic rings. The summed E-state index contributed by atoms with van der Waals surface area (Å²) >= 11 is 3.36. The molecule has 1 amide bonds. The Morgan fingerprint density at radius 1 is 1.36 bits per heavy atom. The number of pyridine rings is 1. The van der Waals surface area contributed by atoms with Gasteiger partial charge in [-0.05, 0) is 39.0 Å². The lowest BCUT2D eigenvalue weighted by Crippen LogP contribution is -2.35. The molecule has 0 bridgehead atoms. The Bertz CT molecular complexity index is 805. The third-order valence-corrected chi connectivity index (χ3v) is 3.59. The predicted molar refractivity (Wildman–Crippen MR) is 98.8 cm³/mol. The number of anilines is 1. The van der Waals surface area contributed by atoms with Gasteiger partial charge in [-0.25, -0.2) is 9.78 Å². The first-order valence-electron chi connectivity index (χ1n) is 7.61. The van der Waals surface area contributed by atoms with E-state index in [0.29, 0.717) is 23.1 Å². The van der Waals surface area contributed by atoms with Crippen molar-refractivity contribution in [2.24, 2.45) is 0 Å². The van der Waals surface area contributed by atoms with Gasteiger partial charge in [0, 0.05) is 22.9 Å². The third-order valence-electron chi connectivity index (χ3n) is 3.10. The number of nitrogens with zero attached hydrogens (tertiary/aromatic N) is 2. The van der Waals surface area contributed by atoms with Crippen molar-refractivity contribution >= 4 is 44.3 Å². The van der Waals surface area contributed by atoms with Crippen LogP contribution in [0.5, 0.6) is 0 Å². The van der Waals surface area contributed by atoms with Gasteiger partial charge in [-0.1, -0.05) is 15.9 Å². The number of benzene rings is 1. The molecule has 0 atom stereocenters. The van der Waals surface area contributed by atoms with Crippen molar-refractivity contribution in [3.8, 4) is 0 Å². The van der Waals surface area contributed by atoms with E-state index in [-0.39, 0.29) is 12.2 Å². The molecule has 1 heterocycles. The molecule has 0 aliphatic carbocycles. The highest BCUT2D eigenvalue weighted by Crippen LogP contribution is 2.32. The highest BCUT2D eigenvalue weighted by molar-refractivity contribution is 9.10. The molecule has 2 aromatic rings. The summed E-state index contributed by atoms with van der Waals surface area (Å²) in [6.45, 7) is 5.87. The van der Waals surface area contributed by atoms with Crippen LogP contribution in [0.1, 0.15) is 20.8 Å². The van der Waals surface area contributed by atoms with Crippen LogP contribution in [0.3, 0.4) is 0 Å². The summed E-state index contributed by atoms with van der Waals surface area (Å²) < 4.78 is 5.92. The van der Waals surface area contributed by atoms with Gasteiger partial charge in [-0.3, -0.25) is 10.1 Å². The average Bonchev–Trinajstić information content (AvgIpc) is 2.49. The van der Waals surface area contributed by atoms with Gasteiger partial charge in [0.25, 0.3) is 0 Å². The molecule has 1 aromatic carbocycles. The maximum Gasteiger partial charge on any atom is 0.407 e. The monoisotopic (exact) mass is 410 g/mol. The number of fused-ring (bicyclic) bond motifs is 1. The molecular formula is C16H19BrN4O4. The largest absolute Gasteiger partial charge is 0.444 e. The van der Waals surface area contributed by atoms with Crippen LogP contribution in [0, 0.1) is 10.1 Å². The van der Waals surface area contributed by atoms with Crippen LogP contribution in [-0.2, 0) is 4.74 Å². The molecule has 134 valence electrons. The number of hydrogen-bond acceptors (Lipinski definition) is 6. The highest BCUT2D eigenvalue weighted by atomic mass is 79.9. The molecule has 0 saturated carbocycles. The molecule has 0 saturated heterocycles. The number of nitrogens with one attached hydrogen (secondary N) is 2. The van der Waals surface area contributed by atoms with Gasteiger partial charge in [0.15, 0.2) is 0 Å². The molecule has 0 radical (unpaired) electrons. The van der Waals surface area contributed by atoms with Crippen LogP contribution in [-0.4, -0.2) is 34.7 Å². The SMILES string of the molecule is CC(C)(C)OC(=O)NCCNc1c([N+](=O)[O-])cnc2ccc(Br)cc12. The first-order valence-corrected chi connectivity index (χ1v) is 8.40. The quantitative estimate of drug-likeness (QED) is 0.440. The molecule has 0 spiro atoms. The lowest BCUT2D eigenvalue weighted by Gasteiger charge is -2.19. The molecule has 0 aliphatic heterocycles. The van der Waals surface area contributed by atoms with E-state index in [1.54, 1.807) is 32.9 Å². The van der Waals surface area contributed by atoms with E-state index in [4.69, 9.17) is 4.74 Å². The van der Waals surface area contributed by atoms with E-state index in [2.05, 4.69) is 31.5 Å². The number of carbonyl (C=O) groups is 1. The fourth-order valence-electron chi connectivity index (χ4n) is 2.14. The van der Waals surface area contributed by atoms with E-state index in [9.17, 15) is 14.9 Å².